The standard InChI is InChI=1S/C35H51N3O5Si/c1-34(2,3)43-33(39)38-17-13-12-14-29(36-22-24-15-16-27(40-8)20-32(24)41-9)28-19-25-18-26(37(7)30(25)21-31(28)38)23-42-44(10,11)35(4,5)6/h15-16,18-21H,12-14,17,22-23H2,1-11H3. The summed E-state index contributed by atoms with van der Waals surface area (Å²) < 4.78 is 25.7. The number of ether oxygens (including phenoxy) is 3. The van der Waals surface area contributed by atoms with Crippen LogP contribution in [0.4, 0.5) is 10.5 Å². The molecular weight excluding hydrogens is 570 g/mol. The minimum Gasteiger partial charge on any atom is -0.497 e. The molecule has 8 nitrogen and oxygen atoms in total. The number of benzene rings is 2. The number of rotatable bonds is 7. The number of methoxy groups -OCH3 is 2. The normalized spacial score (nSPS) is 15.6. The molecule has 3 aromatic rings. The number of carbonyl (C=O) groups is 1. The molecule has 0 atom stereocenters. The molecule has 2 aromatic carbocycles. The molecule has 9 heteroatoms. The van der Waals surface area contributed by atoms with Gasteiger partial charge < -0.3 is 23.2 Å². The molecule has 1 aromatic heterocycles. The van der Waals surface area contributed by atoms with Crippen molar-refractivity contribution >= 4 is 36.7 Å². The van der Waals surface area contributed by atoms with Crippen LogP contribution in [0.3, 0.4) is 0 Å². The molecule has 0 spiro atoms. The summed E-state index contributed by atoms with van der Waals surface area (Å²) in [7, 11) is 3.44. The Balaban J connectivity index is 1.82. The third kappa shape index (κ3) is 7.49. The average molecular weight is 622 g/mol. The van der Waals surface area contributed by atoms with Gasteiger partial charge >= 0.3 is 6.09 Å². The summed E-state index contributed by atoms with van der Waals surface area (Å²) >= 11 is 0. The van der Waals surface area contributed by atoms with Crippen LogP contribution in [0.15, 0.2) is 41.4 Å². The number of hydrogen-bond acceptors (Lipinski definition) is 6. The fourth-order valence-corrected chi connectivity index (χ4v) is 6.09. The molecule has 1 aliphatic heterocycles. The first-order chi connectivity index (χ1) is 20.5. The minimum absolute atomic E-state index is 0.124. The van der Waals surface area contributed by atoms with Gasteiger partial charge in [-0.05, 0) is 88.5 Å². The maximum absolute atomic E-state index is 13.6. The van der Waals surface area contributed by atoms with Gasteiger partial charge in [-0.3, -0.25) is 9.89 Å². The van der Waals surface area contributed by atoms with Gasteiger partial charge in [0.25, 0.3) is 0 Å². The Morgan fingerprint density at radius 1 is 0.977 bits per heavy atom. The first kappa shape index (κ1) is 33.6. The van der Waals surface area contributed by atoms with Crippen molar-refractivity contribution in [2.24, 2.45) is 12.0 Å². The Kier molecular flexibility index (Phi) is 9.90. The number of nitrogens with zero attached hydrogens (tertiary/aromatic N) is 3. The van der Waals surface area contributed by atoms with Gasteiger partial charge in [0, 0.05) is 47.6 Å². The van der Waals surface area contributed by atoms with E-state index in [1.807, 2.05) is 39.0 Å². The van der Waals surface area contributed by atoms with Crippen LogP contribution in [0.25, 0.3) is 10.9 Å². The van der Waals surface area contributed by atoms with Crippen molar-refractivity contribution in [3.63, 3.8) is 0 Å². The lowest BCUT2D eigenvalue weighted by Gasteiger charge is -2.36. The maximum Gasteiger partial charge on any atom is 0.414 e. The summed E-state index contributed by atoms with van der Waals surface area (Å²) in [5.41, 5.74) is 5.26. The highest BCUT2D eigenvalue weighted by molar-refractivity contribution is 6.74. The van der Waals surface area contributed by atoms with Crippen molar-refractivity contribution in [3.8, 4) is 11.5 Å². The molecule has 1 aliphatic rings. The third-order valence-corrected chi connectivity index (χ3v) is 13.3. The first-order valence-electron chi connectivity index (χ1n) is 15.6. The van der Waals surface area contributed by atoms with E-state index in [9.17, 15) is 4.79 Å². The Hall–Kier alpha value is -3.30. The van der Waals surface area contributed by atoms with Gasteiger partial charge in [0.15, 0.2) is 8.32 Å². The van der Waals surface area contributed by atoms with Crippen molar-refractivity contribution in [1.82, 2.24) is 4.57 Å². The Morgan fingerprint density at radius 3 is 2.34 bits per heavy atom. The fourth-order valence-electron chi connectivity index (χ4n) is 5.15. The molecule has 0 fully saturated rings. The highest BCUT2D eigenvalue weighted by atomic mass is 28.4. The van der Waals surface area contributed by atoms with Crippen LogP contribution in [0.1, 0.15) is 77.6 Å². The van der Waals surface area contributed by atoms with Crippen LogP contribution in [0, 0.1) is 0 Å². The monoisotopic (exact) mass is 621 g/mol. The molecule has 0 N–H and O–H groups in total. The van der Waals surface area contributed by atoms with Crippen LogP contribution in [-0.4, -0.2) is 51.1 Å². The SMILES string of the molecule is COc1ccc(CN=C2CCCCN(C(=O)OC(C)(C)C)c3cc4c(cc32)cc(CO[Si](C)(C)C(C)(C)C)n4C)c(OC)c1. The first-order valence-corrected chi connectivity index (χ1v) is 18.5. The third-order valence-electron chi connectivity index (χ3n) is 8.84. The summed E-state index contributed by atoms with van der Waals surface area (Å²) in [6, 6.07) is 12.3. The van der Waals surface area contributed by atoms with Gasteiger partial charge in [0.05, 0.1) is 38.6 Å². The lowest BCUT2D eigenvalue weighted by atomic mass is 9.97. The largest absolute Gasteiger partial charge is 0.497 e. The van der Waals surface area contributed by atoms with Gasteiger partial charge in [-0.15, -0.1) is 0 Å². The van der Waals surface area contributed by atoms with E-state index < -0.39 is 13.9 Å². The van der Waals surface area contributed by atoms with Gasteiger partial charge in [-0.2, -0.15) is 0 Å². The highest BCUT2D eigenvalue weighted by Crippen LogP contribution is 2.38. The molecule has 1 amide bonds. The van der Waals surface area contributed by atoms with E-state index in [4.69, 9.17) is 23.6 Å². The summed E-state index contributed by atoms with van der Waals surface area (Å²) in [6.45, 7) is 18.6. The van der Waals surface area contributed by atoms with E-state index in [-0.39, 0.29) is 11.1 Å². The zero-order valence-corrected chi connectivity index (χ0v) is 29.6. The van der Waals surface area contributed by atoms with Crippen LogP contribution in [0.2, 0.25) is 18.1 Å². The number of aryl methyl sites for hydroxylation is 1. The molecular formula is C35H51N3O5Si. The molecule has 0 radical (unpaired) electrons. The molecule has 0 unspecified atom stereocenters. The van der Waals surface area contributed by atoms with Crippen LogP contribution in [-0.2, 0) is 29.4 Å². The summed E-state index contributed by atoms with van der Waals surface area (Å²) in [5, 5.41) is 1.22. The summed E-state index contributed by atoms with van der Waals surface area (Å²) in [5.74, 6) is 1.47. The molecule has 44 heavy (non-hydrogen) atoms. The predicted octanol–water partition coefficient (Wildman–Crippen LogP) is 8.63. The Morgan fingerprint density at radius 2 is 1.70 bits per heavy atom. The smallest absolute Gasteiger partial charge is 0.414 e. The van der Waals surface area contributed by atoms with Crippen molar-refractivity contribution in [1.29, 1.82) is 0 Å². The lowest BCUT2D eigenvalue weighted by Crippen LogP contribution is -2.40. The van der Waals surface area contributed by atoms with Crippen LogP contribution in [0.5, 0.6) is 11.5 Å². The number of amides is 1. The van der Waals surface area contributed by atoms with Gasteiger partial charge in [-0.1, -0.05) is 20.8 Å². The van der Waals surface area contributed by atoms with Crippen LogP contribution < -0.4 is 14.4 Å². The van der Waals surface area contributed by atoms with Crippen LogP contribution >= 0.6 is 0 Å². The zero-order valence-electron chi connectivity index (χ0n) is 28.6. The van der Waals surface area contributed by atoms with Gasteiger partial charge in [0.2, 0.25) is 0 Å². The predicted molar refractivity (Wildman–Crippen MR) is 182 cm³/mol. The molecule has 240 valence electrons. The van der Waals surface area contributed by atoms with Crippen molar-refractivity contribution in [3.05, 3.63) is 53.2 Å². The summed E-state index contributed by atoms with van der Waals surface area (Å²) in [4.78, 5) is 20.6. The highest BCUT2D eigenvalue weighted by Gasteiger charge is 2.37. The molecule has 0 aliphatic carbocycles. The molecule has 2 heterocycles. The number of hydrogen-bond donors (Lipinski definition) is 0. The quantitative estimate of drug-likeness (QED) is 0.247. The molecule has 0 saturated heterocycles. The van der Waals surface area contributed by atoms with Gasteiger partial charge in [0.1, 0.15) is 17.1 Å². The fraction of sp³-hybridized carbons (Fsp3) is 0.543. The number of aromatic nitrogens is 1. The van der Waals surface area contributed by atoms with E-state index in [0.29, 0.717) is 19.7 Å². The zero-order chi connectivity index (χ0) is 32.4. The maximum atomic E-state index is 13.6. The topological polar surface area (TPSA) is 74.5 Å². The number of fused-ring (bicyclic) bond motifs is 2. The van der Waals surface area contributed by atoms with E-state index in [1.54, 1.807) is 19.1 Å². The Labute approximate surface area is 264 Å². The number of carbonyl (C=O) groups excluding carboxylic acids is 1. The second-order valence-electron chi connectivity index (χ2n) is 14.2. The van der Waals surface area contributed by atoms with Crippen molar-refractivity contribution in [2.45, 2.75) is 97.7 Å². The second-order valence-corrected chi connectivity index (χ2v) is 19.0. The Bertz CT molecular complexity index is 1530. The van der Waals surface area contributed by atoms with Gasteiger partial charge in [-0.25, -0.2) is 4.79 Å². The van der Waals surface area contributed by atoms with E-state index in [0.717, 1.165) is 69.9 Å². The van der Waals surface area contributed by atoms with Crippen molar-refractivity contribution < 1.29 is 23.4 Å². The number of aliphatic imine (C=N–C) groups is 1. The second kappa shape index (κ2) is 13.0. The minimum atomic E-state index is -1.94. The van der Waals surface area contributed by atoms with Crippen molar-refractivity contribution in [2.75, 3.05) is 25.7 Å². The molecule has 0 bridgehead atoms. The lowest BCUT2D eigenvalue weighted by molar-refractivity contribution is 0.0579. The summed E-state index contributed by atoms with van der Waals surface area (Å²) in [6.07, 6.45) is 2.23. The average Bonchev–Trinajstić information content (AvgIpc) is 3.24. The molecule has 4 rings (SSSR count). The van der Waals surface area contributed by atoms with E-state index in [2.05, 4.69) is 63.7 Å². The number of anilines is 1. The van der Waals surface area contributed by atoms with E-state index in [1.165, 1.54) is 0 Å². The molecule has 0 saturated carbocycles. The van der Waals surface area contributed by atoms with E-state index >= 15 is 0 Å².